The predicted octanol–water partition coefficient (Wildman–Crippen LogP) is 2.63. The van der Waals surface area contributed by atoms with E-state index in [-0.39, 0.29) is 17.8 Å². The molecule has 9 nitrogen and oxygen atoms in total. The summed E-state index contributed by atoms with van der Waals surface area (Å²) in [6.45, 7) is 1.19. The van der Waals surface area contributed by atoms with Gasteiger partial charge in [-0.15, -0.1) is 0 Å². The van der Waals surface area contributed by atoms with Gasteiger partial charge in [-0.05, 0) is 43.3 Å². The van der Waals surface area contributed by atoms with Crippen LogP contribution in [0.25, 0.3) is 16.6 Å². The summed E-state index contributed by atoms with van der Waals surface area (Å²) in [7, 11) is 3.32. The van der Waals surface area contributed by atoms with Gasteiger partial charge in [0.25, 0.3) is 11.5 Å². The number of para-hydroxylation sites is 1. The van der Waals surface area contributed by atoms with E-state index in [0.29, 0.717) is 11.4 Å². The van der Waals surface area contributed by atoms with E-state index < -0.39 is 18.5 Å². The molecule has 0 fully saturated rings. The Hall–Kier alpha value is -4.27. The maximum absolute atomic E-state index is 12.9. The molecule has 0 aliphatic rings. The predicted molar refractivity (Wildman–Crippen MR) is 124 cm³/mol. The molecule has 2 aromatic heterocycles. The molecule has 0 radical (unpaired) electrons. The summed E-state index contributed by atoms with van der Waals surface area (Å²) in [6.07, 6.45) is 1.77. The molecule has 1 amide bonds. The Kier molecular flexibility index (Phi) is 6.03. The zero-order chi connectivity index (χ0) is 23.5. The van der Waals surface area contributed by atoms with Crippen molar-refractivity contribution >= 4 is 28.5 Å². The topological polar surface area (TPSA) is 96.5 Å². The van der Waals surface area contributed by atoms with Gasteiger partial charge in [0.05, 0.1) is 18.5 Å². The van der Waals surface area contributed by atoms with Gasteiger partial charge in [0.1, 0.15) is 18.0 Å². The summed E-state index contributed by atoms with van der Waals surface area (Å²) in [4.78, 5) is 37.6. The number of amides is 1. The molecule has 4 aromatic rings. The number of nitrogens with zero attached hydrogens (tertiary/aromatic N) is 3. The number of ether oxygens (including phenoxy) is 2. The number of hydrogen-bond donors (Lipinski definition) is 1. The van der Waals surface area contributed by atoms with Crippen LogP contribution < -0.4 is 15.6 Å². The average Bonchev–Trinajstić information content (AvgIpc) is 3.31. The molecule has 0 saturated heterocycles. The van der Waals surface area contributed by atoms with Crippen LogP contribution in [0.2, 0.25) is 0 Å². The van der Waals surface area contributed by atoms with Gasteiger partial charge in [0.15, 0.2) is 6.61 Å². The summed E-state index contributed by atoms with van der Waals surface area (Å²) in [5.41, 5.74) is 1.89. The van der Waals surface area contributed by atoms with Crippen molar-refractivity contribution in [2.45, 2.75) is 13.5 Å². The van der Waals surface area contributed by atoms with Crippen molar-refractivity contribution in [3.8, 4) is 11.4 Å². The molecule has 0 aliphatic carbocycles. The molecule has 0 aliphatic heterocycles. The summed E-state index contributed by atoms with van der Waals surface area (Å²) in [5.74, 6) is -0.427. The molecular formula is C24H24N4O5. The highest BCUT2D eigenvalue weighted by Crippen LogP contribution is 2.22. The molecule has 2 aromatic carbocycles. The first-order valence-corrected chi connectivity index (χ1v) is 10.3. The second kappa shape index (κ2) is 9.07. The van der Waals surface area contributed by atoms with Gasteiger partial charge in [-0.25, -0.2) is 4.68 Å². The minimum Gasteiger partial charge on any atom is -0.497 e. The number of esters is 1. The standard InChI is InChI=1S/C24H24N4O5/c1-16-23(24(31)28(26(16)2)18-7-5-4-6-8-18)25-21(29)15-33-22(30)14-27-12-11-17-13-19(32-3)9-10-20(17)27/h4-13H,14-15H2,1-3H3,(H,25,29). The number of benzene rings is 2. The highest BCUT2D eigenvalue weighted by Gasteiger charge is 2.19. The first kappa shape index (κ1) is 21.9. The van der Waals surface area contributed by atoms with Crippen LogP contribution >= 0.6 is 0 Å². The first-order valence-electron chi connectivity index (χ1n) is 10.3. The number of rotatable bonds is 7. The minimum atomic E-state index is -0.587. The van der Waals surface area contributed by atoms with E-state index in [1.807, 2.05) is 42.5 Å². The van der Waals surface area contributed by atoms with Crippen molar-refractivity contribution in [3.05, 3.63) is 76.8 Å². The fourth-order valence-corrected chi connectivity index (χ4v) is 3.66. The zero-order valence-corrected chi connectivity index (χ0v) is 18.6. The van der Waals surface area contributed by atoms with Crippen molar-refractivity contribution in [1.82, 2.24) is 13.9 Å². The number of hydrogen-bond acceptors (Lipinski definition) is 5. The molecule has 0 atom stereocenters. The van der Waals surface area contributed by atoms with E-state index in [0.717, 1.165) is 16.7 Å². The lowest BCUT2D eigenvalue weighted by Gasteiger charge is -2.08. The lowest BCUT2D eigenvalue weighted by Crippen LogP contribution is -2.26. The van der Waals surface area contributed by atoms with Gasteiger partial charge in [-0.3, -0.25) is 19.1 Å². The maximum Gasteiger partial charge on any atom is 0.326 e. The van der Waals surface area contributed by atoms with Crippen LogP contribution in [0.3, 0.4) is 0 Å². The maximum atomic E-state index is 12.9. The number of methoxy groups -OCH3 is 1. The van der Waals surface area contributed by atoms with Crippen molar-refractivity contribution in [2.75, 3.05) is 19.0 Å². The van der Waals surface area contributed by atoms with Gasteiger partial charge in [-0.2, -0.15) is 0 Å². The smallest absolute Gasteiger partial charge is 0.326 e. The monoisotopic (exact) mass is 448 g/mol. The van der Waals surface area contributed by atoms with Crippen LogP contribution in [0.4, 0.5) is 5.69 Å². The lowest BCUT2D eigenvalue weighted by atomic mass is 10.2. The second-order valence-corrected chi connectivity index (χ2v) is 7.51. The number of anilines is 1. The minimum absolute atomic E-state index is 0.0473. The molecule has 170 valence electrons. The van der Waals surface area contributed by atoms with Crippen molar-refractivity contribution < 1.29 is 19.1 Å². The number of carbonyl (C=O) groups excluding carboxylic acids is 2. The Bertz CT molecular complexity index is 1380. The molecule has 2 heterocycles. The van der Waals surface area contributed by atoms with Crippen molar-refractivity contribution in [1.29, 1.82) is 0 Å². The molecular weight excluding hydrogens is 424 g/mol. The first-order chi connectivity index (χ1) is 15.9. The Labute approximate surface area is 189 Å². The number of fused-ring (bicyclic) bond motifs is 1. The van der Waals surface area contributed by atoms with Crippen molar-refractivity contribution in [2.24, 2.45) is 7.05 Å². The number of aromatic nitrogens is 3. The fourth-order valence-electron chi connectivity index (χ4n) is 3.66. The molecule has 0 unspecified atom stereocenters. The Balaban J connectivity index is 1.40. The van der Waals surface area contributed by atoms with Crippen molar-refractivity contribution in [3.63, 3.8) is 0 Å². The molecule has 9 heteroatoms. The second-order valence-electron chi connectivity index (χ2n) is 7.51. The Morgan fingerprint density at radius 3 is 2.55 bits per heavy atom. The average molecular weight is 448 g/mol. The fraction of sp³-hybridized carbons (Fsp3) is 0.208. The van der Waals surface area contributed by atoms with Gasteiger partial charge in [0, 0.05) is 24.1 Å². The summed E-state index contributed by atoms with van der Waals surface area (Å²) >= 11 is 0. The van der Waals surface area contributed by atoms with Crippen LogP contribution in [0.15, 0.2) is 65.6 Å². The van der Waals surface area contributed by atoms with E-state index in [9.17, 15) is 14.4 Å². The lowest BCUT2D eigenvalue weighted by molar-refractivity contribution is -0.147. The van der Waals surface area contributed by atoms with Crippen LogP contribution in [-0.2, 0) is 27.9 Å². The molecule has 33 heavy (non-hydrogen) atoms. The highest BCUT2D eigenvalue weighted by molar-refractivity contribution is 5.93. The highest BCUT2D eigenvalue weighted by atomic mass is 16.5. The van der Waals surface area contributed by atoms with E-state index in [1.54, 1.807) is 48.7 Å². The normalized spacial score (nSPS) is 10.9. The Morgan fingerprint density at radius 1 is 1.06 bits per heavy atom. The van der Waals surface area contributed by atoms with Crippen LogP contribution in [0, 0.1) is 6.92 Å². The number of nitrogens with one attached hydrogen (secondary N) is 1. The molecule has 4 rings (SSSR count). The summed E-state index contributed by atoms with van der Waals surface area (Å²) < 4.78 is 15.2. The van der Waals surface area contributed by atoms with Crippen LogP contribution in [0.1, 0.15) is 5.69 Å². The third kappa shape index (κ3) is 4.38. The third-order valence-corrected chi connectivity index (χ3v) is 5.46. The molecule has 0 spiro atoms. The van der Waals surface area contributed by atoms with Gasteiger partial charge in [-0.1, -0.05) is 18.2 Å². The SMILES string of the molecule is COc1ccc2c(ccn2CC(=O)OCC(=O)Nc2c(C)n(C)n(-c3ccccc3)c2=O)c1. The van der Waals surface area contributed by atoms with E-state index >= 15 is 0 Å². The van der Waals surface area contributed by atoms with Gasteiger partial charge >= 0.3 is 5.97 Å². The van der Waals surface area contributed by atoms with Gasteiger partial charge in [0.2, 0.25) is 0 Å². The molecule has 0 bridgehead atoms. The summed E-state index contributed by atoms with van der Waals surface area (Å²) in [6, 6.07) is 16.5. The van der Waals surface area contributed by atoms with E-state index in [1.165, 1.54) is 4.68 Å². The summed E-state index contributed by atoms with van der Waals surface area (Å²) in [5, 5.41) is 3.50. The largest absolute Gasteiger partial charge is 0.497 e. The van der Waals surface area contributed by atoms with Gasteiger partial charge < -0.3 is 19.4 Å². The Morgan fingerprint density at radius 2 is 1.82 bits per heavy atom. The van der Waals surface area contributed by atoms with E-state index in [2.05, 4.69) is 5.32 Å². The quantitative estimate of drug-likeness (QED) is 0.439. The van der Waals surface area contributed by atoms with E-state index in [4.69, 9.17) is 9.47 Å². The molecule has 1 N–H and O–H groups in total. The molecule has 0 saturated carbocycles. The van der Waals surface area contributed by atoms with Crippen LogP contribution in [0.5, 0.6) is 5.75 Å². The van der Waals surface area contributed by atoms with Crippen LogP contribution in [-0.4, -0.2) is 39.5 Å². The number of carbonyl (C=O) groups is 2. The zero-order valence-electron chi connectivity index (χ0n) is 18.6. The third-order valence-electron chi connectivity index (χ3n) is 5.46.